The molecule has 1 amide bonds. The van der Waals surface area contributed by atoms with Crippen LogP contribution in [0.15, 0.2) is 18.2 Å². The average molecular weight is 294 g/mol. The first kappa shape index (κ1) is 15.6. The Balaban J connectivity index is 1.72. The van der Waals surface area contributed by atoms with Gasteiger partial charge in [-0.05, 0) is 26.0 Å². The van der Waals surface area contributed by atoms with Crippen molar-refractivity contribution in [2.45, 2.75) is 20.0 Å². The Morgan fingerprint density at radius 2 is 2.05 bits per heavy atom. The summed E-state index contributed by atoms with van der Waals surface area (Å²) in [5.41, 5.74) is 0.699. The summed E-state index contributed by atoms with van der Waals surface area (Å²) in [6.07, 6.45) is 0.207. The summed E-state index contributed by atoms with van der Waals surface area (Å²) in [6, 6.07) is 5.37. The lowest BCUT2D eigenvalue weighted by Crippen LogP contribution is -2.31. The molecule has 0 aromatic heterocycles. The Morgan fingerprint density at radius 3 is 2.81 bits per heavy atom. The Morgan fingerprint density at radius 1 is 1.29 bits per heavy atom. The highest BCUT2D eigenvalue weighted by molar-refractivity contribution is 5.92. The topological polar surface area (TPSA) is 68.8 Å². The zero-order valence-corrected chi connectivity index (χ0v) is 12.5. The number of hydrogen-bond donors (Lipinski definition) is 2. The van der Waals surface area contributed by atoms with E-state index in [0.29, 0.717) is 43.6 Å². The third kappa shape index (κ3) is 5.24. The molecule has 0 atom stereocenters. The van der Waals surface area contributed by atoms with Gasteiger partial charge in [0.05, 0.1) is 19.3 Å². The zero-order valence-electron chi connectivity index (χ0n) is 12.5. The molecule has 0 radical (unpaired) electrons. The highest BCUT2D eigenvalue weighted by atomic mass is 16.6. The lowest BCUT2D eigenvalue weighted by molar-refractivity contribution is -0.115. The van der Waals surface area contributed by atoms with Crippen molar-refractivity contribution in [1.29, 1.82) is 0 Å². The molecule has 0 fully saturated rings. The van der Waals surface area contributed by atoms with Crippen LogP contribution in [0.3, 0.4) is 0 Å². The fourth-order valence-corrected chi connectivity index (χ4v) is 1.90. The third-order valence-corrected chi connectivity index (χ3v) is 2.84. The number of hydrogen-bond acceptors (Lipinski definition) is 5. The van der Waals surface area contributed by atoms with Crippen LogP contribution in [0, 0.1) is 0 Å². The van der Waals surface area contributed by atoms with Gasteiger partial charge < -0.3 is 24.8 Å². The quantitative estimate of drug-likeness (QED) is 0.744. The van der Waals surface area contributed by atoms with Crippen LogP contribution in [0.2, 0.25) is 0 Å². The molecule has 0 unspecified atom stereocenters. The number of ether oxygens (including phenoxy) is 3. The van der Waals surface area contributed by atoms with Crippen LogP contribution in [-0.2, 0) is 9.53 Å². The Hall–Kier alpha value is -1.79. The second-order valence-corrected chi connectivity index (χ2v) is 5.00. The number of anilines is 1. The summed E-state index contributed by atoms with van der Waals surface area (Å²) < 4.78 is 16.3. The molecule has 1 aliphatic heterocycles. The highest BCUT2D eigenvalue weighted by Gasteiger charge is 2.12. The molecule has 6 heteroatoms. The van der Waals surface area contributed by atoms with Crippen LogP contribution in [0.5, 0.6) is 11.5 Å². The normalized spacial score (nSPS) is 13.3. The number of nitrogens with one attached hydrogen (secondary N) is 2. The molecule has 0 saturated carbocycles. The number of fused-ring (bicyclic) bond motifs is 1. The van der Waals surface area contributed by atoms with E-state index in [2.05, 4.69) is 10.6 Å². The summed E-state index contributed by atoms with van der Waals surface area (Å²) in [5.74, 6) is 1.27. The van der Waals surface area contributed by atoms with Gasteiger partial charge >= 0.3 is 0 Å². The predicted molar refractivity (Wildman–Crippen MR) is 80.0 cm³/mol. The number of rotatable bonds is 7. The maximum Gasteiger partial charge on any atom is 0.238 e. The van der Waals surface area contributed by atoms with Crippen LogP contribution in [0.1, 0.15) is 13.8 Å². The van der Waals surface area contributed by atoms with Crippen LogP contribution in [-0.4, -0.2) is 44.9 Å². The highest BCUT2D eigenvalue weighted by Crippen LogP contribution is 2.32. The maximum atomic E-state index is 11.8. The standard InChI is InChI=1S/C15H22N2O4/c1-11(2)19-6-5-16-10-15(18)17-12-3-4-13-14(9-12)21-8-7-20-13/h3-4,9,11,16H,5-8,10H2,1-2H3,(H,17,18). The fraction of sp³-hybridized carbons (Fsp3) is 0.533. The molecule has 6 nitrogen and oxygen atoms in total. The molecule has 21 heavy (non-hydrogen) atoms. The van der Waals surface area contributed by atoms with Crippen molar-refractivity contribution < 1.29 is 19.0 Å². The Bertz CT molecular complexity index is 477. The first-order valence-corrected chi connectivity index (χ1v) is 7.17. The van der Waals surface area contributed by atoms with Crippen LogP contribution in [0.25, 0.3) is 0 Å². The van der Waals surface area contributed by atoms with E-state index in [4.69, 9.17) is 14.2 Å². The molecule has 0 aliphatic carbocycles. The SMILES string of the molecule is CC(C)OCCNCC(=O)Nc1ccc2c(c1)OCCO2. The minimum Gasteiger partial charge on any atom is -0.486 e. The van der Waals surface area contributed by atoms with Gasteiger partial charge in [0.15, 0.2) is 11.5 Å². The minimum atomic E-state index is -0.101. The third-order valence-electron chi connectivity index (χ3n) is 2.84. The lowest BCUT2D eigenvalue weighted by Gasteiger charge is -2.19. The zero-order chi connectivity index (χ0) is 15.1. The van der Waals surface area contributed by atoms with Crippen molar-refractivity contribution in [3.05, 3.63) is 18.2 Å². The number of amides is 1. The second-order valence-electron chi connectivity index (χ2n) is 5.00. The molecule has 1 heterocycles. The Kier molecular flexibility index (Phi) is 5.83. The first-order valence-electron chi connectivity index (χ1n) is 7.17. The summed E-state index contributed by atoms with van der Waals surface area (Å²) in [5, 5.41) is 5.84. The van der Waals surface area contributed by atoms with Gasteiger partial charge in [-0.25, -0.2) is 0 Å². The van der Waals surface area contributed by atoms with Crippen molar-refractivity contribution in [2.75, 3.05) is 38.2 Å². The van der Waals surface area contributed by atoms with E-state index in [1.165, 1.54) is 0 Å². The molecule has 2 rings (SSSR count). The molecule has 0 saturated heterocycles. The van der Waals surface area contributed by atoms with E-state index in [-0.39, 0.29) is 18.6 Å². The summed E-state index contributed by atoms with van der Waals surface area (Å²) >= 11 is 0. The van der Waals surface area contributed by atoms with Crippen molar-refractivity contribution in [2.24, 2.45) is 0 Å². The van der Waals surface area contributed by atoms with Gasteiger partial charge in [0.25, 0.3) is 0 Å². The van der Waals surface area contributed by atoms with E-state index in [9.17, 15) is 4.79 Å². The van der Waals surface area contributed by atoms with E-state index in [0.717, 1.165) is 0 Å². The molecule has 1 aromatic rings. The van der Waals surface area contributed by atoms with Crippen LogP contribution in [0.4, 0.5) is 5.69 Å². The summed E-state index contributed by atoms with van der Waals surface area (Å²) in [7, 11) is 0. The minimum absolute atomic E-state index is 0.101. The van der Waals surface area contributed by atoms with Gasteiger partial charge in [0, 0.05) is 18.3 Å². The van der Waals surface area contributed by atoms with Crippen molar-refractivity contribution in [3.63, 3.8) is 0 Å². The van der Waals surface area contributed by atoms with Gasteiger partial charge in [0.1, 0.15) is 13.2 Å². The molecule has 1 aliphatic rings. The molecular weight excluding hydrogens is 272 g/mol. The molecular formula is C15H22N2O4. The molecule has 2 N–H and O–H groups in total. The Labute approximate surface area is 124 Å². The van der Waals surface area contributed by atoms with Gasteiger partial charge in [-0.3, -0.25) is 4.79 Å². The van der Waals surface area contributed by atoms with Gasteiger partial charge in [-0.15, -0.1) is 0 Å². The molecule has 0 spiro atoms. The predicted octanol–water partition coefficient (Wildman–Crippen LogP) is 1.41. The van der Waals surface area contributed by atoms with Crippen LogP contribution < -0.4 is 20.1 Å². The van der Waals surface area contributed by atoms with E-state index >= 15 is 0 Å². The van der Waals surface area contributed by atoms with Crippen molar-refractivity contribution >= 4 is 11.6 Å². The smallest absolute Gasteiger partial charge is 0.238 e. The molecule has 1 aromatic carbocycles. The number of benzene rings is 1. The van der Waals surface area contributed by atoms with Crippen molar-refractivity contribution in [1.82, 2.24) is 5.32 Å². The fourth-order valence-electron chi connectivity index (χ4n) is 1.90. The molecule has 0 bridgehead atoms. The maximum absolute atomic E-state index is 11.8. The largest absolute Gasteiger partial charge is 0.486 e. The monoisotopic (exact) mass is 294 g/mol. The first-order chi connectivity index (χ1) is 10.1. The average Bonchev–Trinajstić information content (AvgIpc) is 2.46. The lowest BCUT2D eigenvalue weighted by atomic mass is 10.2. The van der Waals surface area contributed by atoms with Gasteiger partial charge in [-0.2, -0.15) is 0 Å². The van der Waals surface area contributed by atoms with E-state index in [1.807, 2.05) is 13.8 Å². The number of carbonyl (C=O) groups excluding carboxylic acids is 1. The van der Waals surface area contributed by atoms with Crippen LogP contribution >= 0.6 is 0 Å². The van der Waals surface area contributed by atoms with Crippen molar-refractivity contribution in [3.8, 4) is 11.5 Å². The van der Waals surface area contributed by atoms with E-state index in [1.54, 1.807) is 18.2 Å². The summed E-state index contributed by atoms with van der Waals surface area (Å²) in [6.45, 7) is 6.53. The van der Waals surface area contributed by atoms with Gasteiger partial charge in [-0.1, -0.05) is 0 Å². The van der Waals surface area contributed by atoms with E-state index < -0.39 is 0 Å². The summed E-state index contributed by atoms with van der Waals surface area (Å²) in [4.78, 5) is 11.8. The number of carbonyl (C=O) groups is 1. The van der Waals surface area contributed by atoms with Gasteiger partial charge in [0.2, 0.25) is 5.91 Å². The second kappa shape index (κ2) is 7.85. The molecule has 116 valence electrons.